The molecule has 0 atom stereocenters. The lowest BCUT2D eigenvalue weighted by atomic mass is 9.82. The fourth-order valence-corrected chi connectivity index (χ4v) is 11.2. The van der Waals surface area contributed by atoms with Gasteiger partial charge < -0.3 is 25.2 Å². The zero-order valence-corrected chi connectivity index (χ0v) is 38.2. The van der Waals surface area contributed by atoms with Gasteiger partial charge in [-0.25, -0.2) is 0 Å². The number of para-hydroxylation sites is 4. The van der Waals surface area contributed by atoms with Crippen LogP contribution in [0.15, 0.2) is 176 Å². The van der Waals surface area contributed by atoms with Gasteiger partial charge in [0, 0.05) is 82.5 Å². The lowest BCUT2D eigenvalue weighted by Crippen LogP contribution is -2.31. The fourth-order valence-electron chi connectivity index (χ4n) is 11.2. The number of hydrogen-bond acceptors (Lipinski definition) is 2. The van der Waals surface area contributed by atoms with E-state index >= 15 is 0 Å². The molecule has 0 fully saturated rings. The summed E-state index contributed by atoms with van der Waals surface area (Å²) >= 11 is 0. The van der Waals surface area contributed by atoms with Gasteiger partial charge in [-0.1, -0.05) is 119 Å². The number of hydrogen-bond donors (Lipinski definition) is 2. The highest BCUT2D eigenvalue weighted by molar-refractivity contribution is 6.14. The molecule has 12 aromatic rings. The third-order valence-corrected chi connectivity index (χ3v) is 14.1. The monoisotopic (exact) mass is 853 g/mol. The molecule has 0 aliphatic heterocycles. The van der Waals surface area contributed by atoms with Crippen LogP contribution in [0, 0.1) is 27.7 Å². The van der Waals surface area contributed by atoms with E-state index in [1.165, 1.54) is 54.6 Å². The third-order valence-electron chi connectivity index (χ3n) is 14.1. The molecular weight excluding hydrogens is 803 g/mol. The Hall–Kier alpha value is -8.02. The second-order valence-electron chi connectivity index (χ2n) is 18.9. The van der Waals surface area contributed by atoms with Gasteiger partial charge in [0.2, 0.25) is 0 Å². The van der Waals surface area contributed by atoms with Gasteiger partial charge in [-0.2, -0.15) is 0 Å². The summed E-state index contributed by atoms with van der Waals surface area (Å²) in [4.78, 5) is 0. The summed E-state index contributed by atoms with van der Waals surface area (Å²) < 4.78 is 7.67. The maximum atomic E-state index is 7.23. The highest BCUT2D eigenvalue weighted by Crippen LogP contribution is 2.53. The van der Waals surface area contributed by atoms with Crippen LogP contribution in [0.2, 0.25) is 0 Å². The number of nitrogens with two attached hydrogens (primary N) is 2. The van der Waals surface area contributed by atoms with Gasteiger partial charge in [0.05, 0.1) is 39.0 Å². The van der Waals surface area contributed by atoms with Crippen molar-refractivity contribution >= 4 is 76.8 Å². The highest BCUT2D eigenvalue weighted by Gasteiger charge is 2.38. The minimum Gasteiger partial charge on any atom is -0.398 e. The Morgan fingerprint density at radius 1 is 0.333 bits per heavy atom. The van der Waals surface area contributed by atoms with Crippen molar-refractivity contribution in [3.05, 3.63) is 204 Å². The predicted octanol–water partition coefficient (Wildman–Crippen LogP) is 15.5. The van der Waals surface area contributed by atoms with Crippen molar-refractivity contribution in [1.29, 1.82) is 0 Å². The van der Waals surface area contributed by atoms with Crippen LogP contribution >= 0.6 is 0 Å². The molecular formula is C61H51N5. The van der Waals surface area contributed by atoms with Gasteiger partial charge in [0.15, 0.2) is 0 Å². The number of nitrogen functional groups attached to an aromatic ring is 2. The van der Waals surface area contributed by atoms with Gasteiger partial charge in [-0.3, -0.25) is 0 Å². The Morgan fingerprint density at radius 3 is 1.03 bits per heavy atom. The Morgan fingerprint density at radius 2 is 0.667 bits per heavy atom. The standard InChI is InChI=1S/C61H51N5/c1-36-23-27-52-44(31-36)45-32-37(2)24-28-53(45)64(52)59-48(40-15-7-11-19-50(40)62)35-49(41-16-8-12-20-51(41)63)60(65-54-29-25-38(3)33-46(54)47-34-39(4)26-30-55(47)65)58(59)61(5,6)66-56-21-13-9-17-42(56)43-18-10-14-22-57(43)66/h7-35H,62-63H2,1-6H3. The van der Waals surface area contributed by atoms with Crippen molar-refractivity contribution in [1.82, 2.24) is 13.7 Å². The van der Waals surface area contributed by atoms with Crippen LogP contribution in [0.5, 0.6) is 0 Å². The largest absolute Gasteiger partial charge is 0.398 e. The first-order valence-electron chi connectivity index (χ1n) is 22.9. The fraction of sp³-hybridized carbons (Fsp3) is 0.115. The number of anilines is 2. The number of rotatable bonds is 6. The molecule has 5 heteroatoms. The smallest absolute Gasteiger partial charge is 0.0688 e. The SMILES string of the molecule is Cc1ccc2c(c1)c1cc(C)ccc1n2-c1c(-c2ccccc2N)cc(-c2ccccc2N)c(-n2c3ccc(C)cc3c3cc(C)ccc32)c1C(C)(C)n1c2ccccc2c2ccccc21. The van der Waals surface area contributed by atoms with Crippen molar-refractivity contribution in [3.63, 3.8) is 0 Å². The van der Waals surface area contributed by atoms with E-state index in [-0.39, 0.29) is 0 Å². The maximum absolute atomic E-state index is 7.23. The first kappa shape index (κ1) is 39.6. The molecule has 0 radical (unpaired) electrons. The Kier molecular flexibility index (Phi) is 8.69. The molecule has 0 bridgehead atoms. The second kappa shape index (κ2) is 14.5. The minimum absolute atomic E-state index is 0.703. The number of nitrogens with zero attached hydrogens (tertiary/aromatic N) is 3. The average molecular weight is 854 g/mol. The van der Waals surface area contributed by atoms with E-state index in [0.717, 1.165) is 72.3 Å². The van der Waals surface area contributed by atoms with E-state index in [9.17, 15) is 0 Å². The molecule has 12 rings (SSSR count). The molecule has 3 aromatic heterocycles. The van der Waals surface area contributed by atoms with Gasteiger partial charge >= 0.3 is 0 Å². The van der Waals surface area contributed by atoms with Gasteiger partial charge in [-0.05, 0) is 120 Å². The minimum atomic E-state index is -0.762. The van der Waals surface area contributed by atoms with Crippen LogP contribution in [-0.4, -0.2) is 13.7 Å². The van der Waals surface area contributed by atoms with Crippen LogP contribution in [0.25, 0.3) is 99.0 Å². The molecule has 0 aliphatic carbocycles. The number of fused-ring (bicyclic) bond motifs is 9. The van der Waals surface area contributed by atoms with Crippen molar-refractivity contribution in [2.24, 2.45) is 0 Å². The van der Waals surface area contributed by atoms with Crippen molar-refractivity contribution in [2.45, 2.75) is 47.1 Å². The van der Waals surface area contributed by atoms with E-state index in [4.69, 9.17) is 11.5 Å². The lowest BCUT2D eigenvalue weighted by molar-refractivity contribution is 0.462. The molecule has 0 unspecified atom stereocenters. The molecule has 9 aromatic carbocycles. The predicted molar refractivity (Wildman–Crippen MR) is 282 cm³/mol. The zero-order valence-electron chi connectivity index (χ0n) is 38.2. The summed E-state index contributed by atoms with van der Waals surface area (Å²) in [7, 11) is 0. The van der Waals surface area contributed by atoms with Gasteiger partial charge in [0.25, 0.3) is 0 Å². The Labute approximate surface area is 384 Å². The van der Waals surface area contributed by atoms with E-state index in [0.29, 0.717) is 11.4 Å². The summed E-state index contributed by atoms with van der Waals surface area (Å²) in [5, 5.41) is 7.27. The van der Waals surface area contributed by atoms with Crippen LogP contribution in [0.4, 0.5) is 11.4 Å². The summed E-state index contributed by atoms with van der Waals surface area (Å²) in [5.41, 5.74) is 34.0. The maximum Gasteiger partial charge on any atom is 0.0688 e. The molecule has 0 spiro atoms. The highest BCUT2D eigenvalue weighted by atomic mass is 15.1. The molecule has 4 N–H and O–H groups in total. The number of aromatic nitrogens is 3. The van der Waals surface area contributed by atoms with Crippen LogP contribution < -0.4 is 11.5 Å². The molecule has 0 saturated heterocycles. The van der Waals surface area contributed by atoms with E-state index in [1.807, 2.05) is 24.3 Å². The molecule has 0 saturated carbocycles. The van der Waals surface area contributed by atoms with Crippen molar-refractivity contribution in [2.75, 3.05) is 11.5 Å². The quantitative estimate of drug-likeness (QED) is 0.164. The summed E-state index contributed by atoms with van der Waals surface area (Å²) in [5.74, 6) is 0. The van der Waals surface area contributed by atoms with E-state index < -0.39 is 5.54 Å². The molecule has 320 valence electrons. The average Bonchev–Trinajstić information content (AvgIpc) is 3.93. The van der Waals surface area contributed by atoms with Crippen LogP contribution in [-0.2, 0) is 5.54 Å². The third kappa shape index (κ3) is 5.72. The molecule has 0 amide bonds. The summed E-state index contributed by atoms with van der Waals surface area (Å²) in [6, 6.07) is 64.4. The van der Waals surface area contributed by atoms with E-state index in [1.54, 1.807) is 0 Å². The molecule has 5 nitrogen and oxygen atoms in total. The van der Waals surface area contributed by atoms with Crippen LogP contribution in [0.1, 0.15) is 41.7 Å². The summed E-state index contributed by atoms with van der Waals surface area (Å²) in [6.45, 7) is 13.6. The van der Waals surface area contributed by atoms with E-state index in [2.05, 4.69) is 207 Å². The first-order valence-corrected chi connectivity index (χ1v) is 22.9. The molecule has 66 heavy (non-hydrogen) atoms. The summed E-state index contributed by atoms with van der Waals surface area (Å²) in [6.07, 6.45) is 0. The number of aryl methyl sites for hydroxylation is 4. The van der Waals surface area contributed by atoms with Crippen LogP contribution in [0.3, 0.4) is 0 Å². The van der Waals surface area contributed by atoms with Gasteiger partial charge in [-0.15, -0.1) is 0 Å². The molecule has 3 heterocycles. The normalized spacial score (nSPS) is 12.2. The Balaban J connectivity index is 1.42. The van der Waals surface area contributed by atoms with Crippen molar-refractivity contribution in [3.8, 4) is 33.6 Å². The number of benzene rings is 9. The Bertz CT molecular complexity index is 3620. The topological polar surface area (TPSA) is 66.8 Å². The molecule has 0 aliphatic rings. The first-order chi connectivity index (χ1) is 32.0. The second-order valence-corrected chi connectivity index (χ2v) is 18.9. The lowest BCUT2D eigenvalue weighted by Gasteiger charge is -2.37. The van der Waals surface area contributed by atoms with Gasteiger partial charge in [0.1, 0.15) is 0 Å². The zero-order chi connectivity index (χ0) is 45.2. The van der Waals surface area contributed by atoms with Crippen molar-refractivity contribution < 1.29 is 0 Å².